The topological polar surface area (TPSA) is 106 Å². The molecular formula is C25H21N5O3S3. The van der Waals surface area contributed by atoms with Crippen LogP contribution in [0.3, 0.4) is 0 Å². The summed E-state index contributed by atoms with van der Waals surface area (Å²) in [6.07, 6.45) is 0. The maximum Gasteiger partial charge on any atom is 0.275 e. The molecule has 2 aromatic heterocycles. The van der Waals surface area contributed by atoms with Crippen LogP contribution in [0.25, 0.3) is 9.88 Å². The van der Waals surface area contributed by atoms with Crippen LogP contribution >= 0.6 is 22.7 Å². The summed E-state index contributed by atoms with van der Waals surface area (Å²) < 4.78 is 27.5. The minimum atomic E-state index is -3.65. The van der Waals surface area contributed by atoms with Gasteiger partial charge in [0.05, 0.1) is 32.8 Å². The summed E-state index contributed by atoms with van der Waals surface area (Å²) in [5, 5.41) is 16.5. The minimum absolute atomic E-state index is 0.174. The van der Waals surface area contributed by atoms with E-state index in [0.717, 1.165) is 15.6 Å². The summed E-state index contributed by atoms with van der Waals surface area (Å²) in [6, 6.07) is 19.4. The van der Waals surface area contributed by atoms with Gasteiger partial charge in [0, 0.05) is 31.6 Å². The lowest BCUT2D eigenvalue weighted by molar-refractivity contribution is 0.102. The van der Waals surface area contributed by atoms with Gasteiger partial charge in [-0.05, 0) is 47.8 Å². The smallest absolute Gasteiger partial charge is 0.275 e. The number of carbonyl (C=O) groups excluding carboxylic acids is 1. The SMILES string of the molecule is N#Cc1ccc(S(=O)(=O)N2CCN(c3ccccc3NC(=O)c3csc(-c4cccs4)n3)CC2)cc1. The standard InChI is InChI=1S/C25H21N5O3S3/c26-16-18-7-9-19(10-8-18)36(32,33)30-13-11-29(12-14-30)22-5-2-1-4-20(22)27-24(31)21-17-35-25(28-21)23-6-3-15-34-23/h1-10,15,17H,11-14H2,(H,27,31). The van der Waals surface area contributed by atoms with Crippen LogP contribution in [-0.2, 0) is 10.0 Å². The first-order valence-electron chi connectivity index (χ1n) is 11.1. The molecule has 1 N–H and O–H groups in total. The van der Waals surface area contributed by atoms with Crippen molar-refractivity contribution in [3.8, 4) is 16.0 Å². The Bertz CT molecular complexity index is 1520. The lowest BCUT2D eigenvalue weighted by Crippen LogP contribution is -2.48. The summed E-state index contributed by atoms with van der Waals surface area (Å²) in [5.41, 5.74) is 2.25. The molecule has 2 aromatic carbocycles. The van der Waals surface area contributed by atoms with Crippen molar-refractivity contribution in [1.82, 2.24) is 9.29 Å². The van der Waals surface area contributed by atoms with E-state index >= 15 is 0 Å². The minimum Gasteiger partial charge on any atom is -0.367 e. The molecule has 0 saturated carbocycles. The van der Waals surface area contributed by atoms with Crippen molar-refractivity contribution in [2.75, 3.05) is 36.4 Å². The molecule has 1 fully saturated rings. The van der Waals surface area contributed by atoms with Gasteiger partial charge in [0.1, 0.15) is 10.7 Å². The van der Waals surface area contributed by atoms with Crippen LogP contribution in [0.1, 0.15) is 16.1 Å². The van der Waals surface area contributed by atoms with Crippen LogP contribution in [0.5, 0.6) is 0 Å². The van der Waals surface area contributed by atoms with Gasteiger partial charge in [0.25, 0.3) is 5.91 Å². The number of rotatable bonds is 6. The van der Waals surface area contributed by atoms with Crippen LogP contribution < -0.4 is 10.2 Å². The lowest BCUT2D eigenvalue weighted by Gasteiger charge is -2.36. The second-order valence-corrected chi connectivity index (χ2v) is 11.8. The first-order valence-corrected chi connectivity index (χ1v) is 14.3. The van der Waals surface area contributed by atoms with Crippen LogP contribution in [-0.4, -0.2) is 49.8 Å². The van der Waals surface area contributed by atoms with Crippen molar-refractivity contribution < 1.29 is 13.2 Å². The normalized spacial score (nSPS) is 14.4. The second-order valence-electron chi connectivity index (χ2n) is 8.01. The van der Waals surface area contributed by atoms with Crippen molar-refractivity contribution in [3.63, 3.8) is 0 Å². The number of sulfonamides is 1. The monoisotopic (exact) mass is 535 g/mol. The number of thiophene rings is 1. The third-order valence-corrected chi connectivity index (χ3v) is 9.62. The molecule has 1 amide bonds. The van der Waals surface area contributed by atoms with E-state index in [1.807, 2.05) is 47.8 Å². The highest BCUT2D eigenvalue weighted by atomic mass is 32.2. The maximum absolute atomic E-state index is 13.0. The van der Waals surface area contributed by atoms with E-state index in [1.165, 1.54) is 39.9 Å². The summed E-state index contributed by atoms with van der Waals surface area (Å²) in [5.74, 6) is -0.288. The van der Waals surface area contributed by atoms with Crippen molar-refractivity contribution in [2.45, 2.75) is 4.90 Å². The Morgan fingerprint density at radius 1 is 0.972 bits per heavy atom. The molecule has 11 heteroatoms. The van der Waals surface area contributed by atoms with Gasteiger partial charge in [-0.15, -0.1) is 22.7 Å². The second kappa shape index (κ2) is 10.2. The number of nitriles is 1. The molecule has 0 aliphatic carbocycles. The number of piperazine rings is 1. The molecule has 5 rings (SSSR count). The zero-order valence-corrected chi connectivity index (χ0v) is 21.4. The van der Waals surface area contributed by atoms with Gasteiger partial charge in [-0.3, -0.25) is 4.79 Å². The van der Waals surface area contributed by atoms with Crippen molar-refractivity contribution in [2.24, 2.45) is 0 Å². The number of aromatic nitrogens is 1. The van der Waals surface area contributed by atoms with Crippen molar-refractivity contribution in [1.29, 1.82) is 5.26 Å². The average molecular weight is 536 g/mol. The number of hydrogen-bond acceptors (Lipinski definition) is 8. The number of anilines is 2. The Balaban J connectivity index is 1.27. The number of nitrogens with one attached hydrogen (secondary N) is 1. The quantitative estimate of drug-likeness (QED) is 0.390. The molecular weight excluding hydrogens is 515 g/mol. The molecule has 1 aliphatic rings. The molecule has 0 bridgehead atoms. The fourth-order valence-electron chi connectivity index (χ4n) is 3.95. The fourth-order valence-corrected chi connectivity index (χ4v) is 6.99. The highest BCUT2D eigenvalue weighted by Crippen LogP contribution is 2.30. The highest BCUT2D eigenvalue weighted by Gasteiger charge is 2.29. The zero-order chi connectivity index (χ0) is 25.1. The average Bonchev–Trinajstić information content (AvgIpc) is 3.62. The third kappa shape index (κ3) is 4.89. The summed E-state index contributed by atoms with van der Waals surface area (Å²) in [6.45, 7) is 1.56. The number of hydrogen-bond donors (Lipinski definition) is 1. The van der Waals surface area contributed by atoms with E-state index in [4.69, 9.17) is 5.26 Å². The third-order valence-electron chi connectivity index (χ3n) is 5.82. The van der Waals surface area contributed by atoms with E-state index in [2.05, 4.69) is 15.2 Å². The van der Waals surface area contributed by atoms with Gasteiger partial charge in [-0.2, -0.15) is 9.57 Å². The predicted octanol–water partition coefficient (Wildman–Crippen LogP) is 4.51. The lowest BCUT2D eigenvalue weighted by atomic mass is 10.2. The Morgan fingerprint density at radius 2 is 1.72 bits per heavy atom. The molecule has 36 heavy (non-hydrogen) atoms. The predicted molar refractivity (Wildman–Crippen MR) is 142 cm³/mol. The highest BCUT2D eigenvalue weighted by molar-refractivity contribution is 7.89. The summed E-state index contributed by atoms with van der Waals surface area (Å²) in [7, 11) is -3.65. The van der Waals surface area contributed by atoms with Crippen LogP contribution in [0.2, 0.25) is 0 Å². The molecule has 0 spiro atoms. The Kier molecular flexibility index (Phi) is 6.84. The Hall–Kier alpha value is -3.56. The first-order chi connectivity index (χ1) is 17.5. The number of carbonyl (C=O) groups is 1. The molecule has 0 radical (unpaired) electrons. The van der Waals surface area contributed by atoms with E-state index in [1.54, 1.807) is 16.7 Å². The van der Waals surface area contributed by atoms with E-state index in [9.17, 15) is 13.2 Å². The first kappa shape index (κ1) is 24.1. The summed E-state index contributed by atoms with van der Waals surface area (Å²) >= 11 is 3.01. The van der Waals surface area contributed by atoms with E-state index in [0.29, 0.717) is 43.1 Å². The van der Waals surface area contributed by atoms with Gasteiger partial charge < -0.3 is 10.2 Å². The van der Waals surface area contributed by atoms with Crippen molar-refractivity contribution in [3.05, 3.63) is 82.7 Å². The molecule has 1 saturated heterocycles. The number of benzene rings is 2. The molecule has 4 aromatic rings. The number of thiazole rings is 1. The number of nitrogens with zero attached hydrogens (tertiary/aromatic N) is 4. The maximum atomic E-state index is 13.0. The van der Waals surface area contributed by atoms with Gasteiger partial charge in [0.15, 0.2) is 0 Å². The molecule has 8 nitrogen and oxygen atoms in total. The van der Waals surface area contributed by atoms with E-state index < -0.39 is 10.0 Å². The van der Waals surface area contributed by atoms with Gasteiger partial charge >= 0.3 is 0 Å². The van der Waals surface area contributed by atoms with E-state index in [-0.39, 0.29) is 10.8 Å². The fraction of sp³-hybridized carbons (Fsp3) is 0.160. The number of amides is 1. The van der Waals surface area contributed by atoms with Gasteiger partial charge in [-0.25, -0.2) is 13.4 Å². The van der Waals surface area contributed by atoms with Crippen LogP contribution in [0.4, 0.5) is 11.4 Å². The largest absolute Gasteiger partial charge is 0.367 e. The Labute approximate surface area is 217 Å². The number of para-hydroxylation sites is 2. The Morgan fingerprint density at radius 3 is 2.42 bits per heavy atom. The zero-order valence-electron chi connectivity index (χ0n) is 19.0. The van der Waals surface area contributed by atoms with Crippen LogP contribution in [0.15, 0.2) is 76.3 Å². The molecule has 0 unspecified atom stereocenters. The van der Waals surface area contributed by atoms with Gasteiger partial charge in [0.2, 0.25) is 10.0 Å². The molecule has 1 aliphatic heterocycles. The van der Waals surface area contributed by atoms with Crippen LogP contribution in [0, 0.1) is 11.3 Å². The van der Waals surface area contributed by atoms with Crippen molar-refractivity contribution >= 4 is 50.0 Å². The van der Waals surface area contributed by atoms with Gasteiger partial charge in [-0.1, -0.05) is 18.2 Å². The molecule has 182 valence electrons. The molecule has 0 atom stereocenters. The molecule has 3 heterocycles. The summed E-state index contributed by atoms with van der Waals surface area (Å²) in [4.78, 5) is 20.7.